The summed E-state index contributed by atoms with van der Waals surface area (Å²) in [5.74, 6) is -0.714. The Morgan fingerprint density at radius 3 is 1.93 bits per heavy atom. The summed E-state index contributed by atoms with van der Waals surface area (Å²) in [7, 11) is -2.01. The van der Waals surface area contributed by atoms with Crippen molar-refractivity contribution in [1.82, 2.24) is 0 Å². The first-order valence-corrected chi connectivity index (χ1v) is 13.1. The summed E-state index contributed by atoms with van der Waals surface area (Å²) < 4.78 is 12.0. The highest BCUT2D eigenvalue weighted by Crippen LogP contribution is 2.45. The van der Waals surface area contributed by atoms with Crippen LogP contribution in [0.15, 0.2) is 60.7 Å². The van der Waals surface area contributed by atoms with Crippen molar-refractivity contribution < 1.29 is 19.1 Å². The van der Waals surface area contributed by atoms with Crippen LogP contribution >= 0.6 is 0 Å². The van der Waals surface area contributed by atoms with E-state index in [-0.39, 0.29) is 17.4 Å². The van der Waals surface area contributed by atoms with E-state index in [1.54, 1.807) is 0 Å². The molecule has 2 aromatic rings. The third-order valence-electron chi connectivity index (χ3n) is 6.50. The highest BCUT2D eigenvalue weighted by atomic mass is 28.4. The van der Waals surface area contributed by atoms with Gasteiger partial charge in [-0.1, -0.05) is 81.4 Å². The smallest absolute Gasteiger partial charge is 0.306 e. The summed E-state index contributed by atoms with van der Waals surface area (Å²) >= 11 is 0. The van der Waals surface area contributed by atoms with E-state index in [4.69, 9.17) is 9.16 Å². The summed E-state index contributed by atoms with van der Waals surface area (Å²) in [6.07, 6.45) is -0.340. The van der Waals surface area contributed by atoms with Gasteiger partial charge in [0.25, 0.3) is 0 Å². The number of cyclic esters (lactones) is 1. The maximum atomic E-state index is 12.3. The number of hydrogen-bond acceptors (Lipinski definition) is 4. The molecule has 3 rings (SSSR count). The molecule has 4 nitrogen and oxygen atoms in total. The van der Waals surface area contributed by atoms with Crippen molar-refractivity contribution in [2.75, 3.05) is 6.61 Å². The van der Waals surface area contributed by atoms with Crippen molar-refractivity contribution in [1.29, 1.82) is 0 Å². The number of ether oxygens (including phenoxy) is 1. The molecular weight excluding hydrogens is 380 g/mol. The normalized spacial score (nSPS) is 20.6. The van der Waals surface area contributed by atoms with Crippen LogP contribution in [0.3, 0.4) is 0 Å². The van der Waals surface area contributed by atoms with Gasteiger partial charge in [-0.25, -0.2) is 0 Å². The molecule has 2 aromatic carbocycles. The lowest BCUT2D eigenvalue weighted by molar-refractivity contribution is -0.143. The second-order valence-corrected chi connectivity index (χ2v) is 14.2. The average molecular weight is 413 g/mol. The average Bonchev–Trinajstić information content (AvgIpc) is 3.07. The fraction of sp³-hybridized carbons (Fsp3) is 0.458. The first-order valence-electron chi connectivity index (χ1n) is 10.2. The fourth-order valence-electron chi connectivity index (χ4n) is 3.66. The molecule has 1 heterocycles. The molecule has 0 aliphatic carbocycles. The Balaban J connectivity index is 1.97. The zero-order valence-electron chi connectivity index (χ0n) is 18.0. The van der Waals surface area contributed by atoms with Crippen molar-refractivity contribution in [3.05, 3.63) is 71.8 Å². The van der Waals surface area contributed by atoms with Gasteiger partial charge in [-0.15, -0.1) is 0 Å². The van der Waals surface area contributed by atoms with Crippen LogP contribution < -0.4 is 0 Å². The van der Waals surface area contributed by atoms with Crippen molar-refractivity contribution in [3.63, 3.8) is 0 Å². The lowest BCUT2D eigenvalue weighted by Crippen LogP contribution is -2.46. The maximum Gasteiger partial charge on any atom is 0.306 e. The lowest BCUT2D eigenvalue weighted by Gasteiger charge is -2.40. The molecule has 5 heteroatoms. The monoisotopic (exact) mass is 412 g/mol. The van der Waals surface area contributed by atoms with Gasteiger partial charge in [0.2, 0.25) is 0 Å². The summed E-state index contributed by atoms with van der Waals surface area (Å²) in [6.45, 7) is 11.2. The van der Waals surface area contributed by atoms with Crippen molar-refractivity contribution in [3.8, 4) is 0 Å². The molecule has 1 fully saturated rings. The molecule has 29 heavy (non-hydrogen) atoms. The minimum Gasteiger partial charge on any atom is -0.459 e. The Kier molecular flexibility index (Phi) is 6.04. The number of benzene rings is 2. The number of carbonyl (C=O) groups excluding carboxylic acids is 1. The van der Waals surface area contributed by atoms with Gasteiger partial charge in [0.1, 0.15) is 11.7 Å². The fourth-order valence-corrected chi connectivity index (χ4v) is 4.68. The van der Waals surface area contributed by atoms with Crippen molar-refractivity contribution >= 4 is 14.3 Å². The van der Waals surface area contributed by atoms with Crippen LogP contribution in [-0.2, 0) is 19.6 Å². The molecule has 1 N–H and O–H groups in total. The Morgan fingerprint density at radius 2 is 1.48 bits per heavy atom. The third kappa shape index (κ3) is 4.32. The quantitative estimate of drug-likeness (QED) is 0.543. The zero-order valence-corrected chi connectivity index (χ0v) is 19.0. The van der Waals surface area contributed by atoms with E-state index < -0.39 is 25.9 Å². The SMILES string of the molecule is CC(C)(C)[Si](C)(C)OC[C@H]1OC(=O)C[C@@H]1C(O)(c1ccccc1)c1ccccc1. The predicted octanol–water partition coefficient (Wildman–Crippen LogP) is 4.88. The van der Waals surface area contributed by atoms with Gasteiger partial charge in [-0.3, -0.25) is 4.79 Å². The molecule has 0 radical (unpaired) electrons. The minimum atomic E-state index is -2.01. The standard InChI is InChI=1S/C24H32O4Si/c1-23(2,3)29(4,5)27-17-21-20(16-22(25)28-21)24(26,18-12-8-6-9-13-18)19-14-10-7-11-15-19/h6-15,20-21,26H,16-17H2,1-5H3/t20-,21+/m0/s1. The van der Waals surface area contributed by atoms with Gasteiger partial charge in [-0.05, 0) is 29.3 Å². The Labute approximate surface area is 175 Å². The maximum absolute atomic E-state index is 12.3. The van der Waals surface area contributed by atoms with Gasteiger partial charge in [-0.2, -0.15) is 0 Å². The Morgan fingerprint density at radius 1 is 1.00 bits per heavy atom. The first kappa shape index (κ1) is 21.7. The second kappa shape index (κ2) is 8.05. The zero-order chi connectivity index (χ0) is 21.3. The van der Waals surface area contributed by atoms with E-state index in [0.29, 0.717) is 6.61 Å². The van der Waals surface area contributed by atoms with E-state index >= 15 is 0 Å². The number of hydrogen-bond donors (Lipinski definition) is 1. The molecule has 1 saturated heterocycles. The van der Waals surface area contributed by atoms with E-state index in [2.05, 4.69) is 33.9 Å². The predicted molar refractivity (Wildman–Crippen MR) is 117 cm³/mol. The van der Waals surface area contributed by atoms with Crippen LogP contribution in [0.4, 0.5) is 0 Å². The number of carbonyl (C=O) groups is 1. The highest BCUT2D eigenvalue weighted by Gasteiger charge is 2.51. The molecular formula is C24H32O4Si. The molecule has 0 amide bonds. The molecule has 0 aromatic heterocycles. The Bertz CT molecular complexity index is 787. The lowest BCUT2D eigenvalue weighted by atomic mass is 9.73. The molecule has 2 atom stereocenters. The van der Waals surface area contributed by atoms with E-state index in [1.165, 1.54) is 0 Å². The number of rotatable bonds is 6. The van der Waals surface area contributed by atoms with E-state index in [9.17, 15) is 9.90 Å². The molecule has 0 spiro atoms. The number of aliphatic hydroxyl groups is 1. The molecule has 1 aliphatic rings. The van der Waals surface area contributed by atoms with Gasteiger partial charge < -0.3 is 14.3 Å². The molecule has 0 saturated carbocycles. The minimum absolute atomic E-state index is 0.0558. The van der Waals surface area contributed by atoms with Gasteiger partial charge in [0.15, 0.2) is 8.32 Å². The highest BCUT2D eigenvalue weighted by molar-refractivity contribution is 6.74. The largest absolute Gasteiger partial charge is 0.459 e. The molecule has 1 aliphatic heterocycles. The molecule has 0 bridgehead atoms. The Hall–Kier alpha value is -1.95. The molecule has 0 unspecified atom stereocenters. The first-order chi connectivity index (χ1) is 13.6. The van der Waals surface area contributed by atoms with Crippen LogP contribution in [0, 0.1) is 5.92 Å². The van der Waals surface area contributed by atoms with Gasteiger partial charge >= 0.3 is 5.97 Å². The van der Waals surface area contributed by atoms with Gasteiger partial charge in [0.05, 0.1) is 13.0 Å². The van der Waals surface area contributed by atoms with Crippen LogP contribution in [-0.4, -0.2) is 32.1 Å². The number of esters is 1. The summed E-state index contributed by atoms with van der Waals surface area (Å²) in [6, 6.07) is 19.1. The van der Waals surface area contributed by atoms with Crippen LogP contribution in [0.25, 0.3) is 0 Å². The van der Waals surface area contributed by atoms with E-state index in [0.717, 1.165) is 11.1 Å². The van der Waals surface area contributed by atoms with Crippen molar-refractivity contribution in [2.45, 2.75) is 57.0 Å². The van der Waals surface area contributed by atoms with Gasteiger partial charge in [0, 0.05) is 5.92 Å². The third-order valence-corrected chi connectivity index (χ3v) is 11.0. The summed E-state index contributed by atoms with van der Waals surface area (Å²) in [5, 5.41) is 12.1. The molecule has 156 valence electrons. The summed E-state index contributed by atoms with van der Waals surface area (Å²) in [5.41, 5.74) is 0.175. The van der Waals surface area contributed by atoms with Crippen LogP contribution in [0.5, 0.6) is 0 Å². The van der Waals surface area contributed by atoms with E-state index in [1.807, 2.05) is 60.7 Å². The van der Waals surface area contributed by atoms with Crippen LogP contribution in [0.1, 0.15) is 38.3 Å². The van der Waals surface area contributed by atoms with Crippen molar-refractivity contribution in [2.24, 2.45) is 5.92 Å². The second-order valence-electron chi connectivity index (χ2n) is 9.41. The summed E-state index contributed by atoms with van der Waals surface area (Å²) in [4.78, 5) is 12.3. The van der Waals surface area contributed by atoms with Crippen LogP contribution in [0.2, 0.25) is 18.1 Å². The topological polar surface area (TPSA) is 55.8 Å².